The first-order valence-corrected chi connectivity index (χ1v) is 5.94. The Kier molecular flexibility index (Phi) is 4.89. The maximum Gasteiger partial charge on any atom is 0.134 e. The molecule has 0 saturated heterocycles. The number of ether oxygens (including phenoxy) is 1. The molecule has 1 heterocycles. The highest BCUT2D eigenvalue weighted by Crippen LogP contribution is 2.18. The zero-order chi connectivity index (χ0) is 13.0. The fourth-order valence-corrected chi connectivity index (χ4v) is 2.01. The lowest BCUT2D eigenvalue weighted by Gasteiger charge is -2.13. The summed E-state index contributed by atoms with van der Waals surface area (Å²) in [5.41, 5.74) is 7.38. The lowest BCUT2D eigenvalue weighted by atomic mass is 10.2. The Bertz CT molecular complexity index is 402. The van der Waals surface area contributed by atoms with Gasteiger partial charge in [0.15, 0.2) is 0 Å². The Balaban J connectivity index is 2.80. The third-order valence-electron chi connectivity index (χ3n) is 2.54. The predicted octanol–water partition coefficient (Wildman–Crippen LogP) is 1.06. The van der Waals surface area contributed by atoms with Gasteiger partial charge in [0.2, 0.25) is 0 Å². The summed E-state index contributed by atoms with van der Waals surface area (Å²) in [5.74, 6) is 1.28. The molecule has 0 spiro atoms. The van der Waals surface area contributed by atoms with Crippen molar-refractivity contribution in [2.24, 2.45) is 18.7 Å². The number of aromatic nitrogens is 2. The smallest absolute Gasteiger partial charge is 0.134 e. The second-order valence-corrected chi connectivity index (χ2v) is 4.68. The van der Waals surface area contributed by atoms with Crippen LogP contribution in [0.3, 0.4) is 0 Å². The van der Waals surface area contributed by atoms with Crippen molar-refractivity contribution in [1.82, 2.24) is 9.78 Å². The van der Waals surface area contributed by atoms with E-state index in [0.29, 0.717) is 17.5 Å². The third-order valence-corrected chi connectivity index (χ3v) is 2.74. The van der Waals surface area contributed by atoms with E-state index in [1.165, 1.54) is 0 Å². The highest BCUT2D eigenvalue weighted by atomic mass is 32.1. The number of hydrogen-bond donors (Lipinski definition) is 2. The van der Waals surface area contributed by atoms with Gasteiger partial charge in [-0.25, -0.2) is 0 Å². The van der Waals surface area contributed by atoms with E-state index < -0.39 is 0 Å². The molecule has 0 fully saturated rings. The summed E-state index contributed by atoms with van der Waals surface area (Å²) in [6.45, 7) is 5.52. The van der Waals surface area contributed by atoms with Gasteiger partial charge < -0.3 is 15.8 Å². The van der Waals surface area contributed by atoms with Crippen molar-refractivity contribution in [2.75, 3.05) is 25.6 Å². The lowest BCUT2D eigenvalue weighted by molar-refractivity contribution is 0.164. The summed E-state index contributed by atoms with van der Waals surface area (Å²) in [4.78, 5) is 0.373. The summed E-state index contributed by atoms with van der Waals surface area (Å²) >= 11 is 5.04. The number of aryl methyl sites for hydroxylation is 2. The van der Waals surface area contributed by atoms with E-state index in [9.17, 15) is 0 Å². The molecule has 0 aliphatic heterocycles. The molecular formula is C11H20N4OS. The van der Waals surface area contributed by atoms with E-state index in [1.54, 1.807) is 11.8 Å². The van der Waals surface area contributed by atoms with Crippen molar-refractivity contribution in [2.45, 2.75) is 13.8 Å². The molecule has 5 nitrogen and oxygen atoms in total. The number of rotatable bonds is 6. The molecule has 0 amide bonds. The molecule has 0 aliphatic carbocycles. The van der Waals surface area contributed by atoms with Gasteiger partial charge in [-0.2, -0.15) is 5.10 Å². The molecule has 1 aromatic heterocycles. The molecule has 96 valence electrons. The van der Waals surface area contributed by atoms with E-state index in [2.05, 4.69) is 17.3 Å². The quantitative estimate of drug-likeness (QED) is 0.745. The van der Waals surface area contributed by atoms with Crippen molar-refractivity contribution >= 4 is 23.0 Å². The number of hydrogen-bond acceptors (Lipinski definition) is 4. The predicted molar refractivity (Wildman–Crippen MR) is 73.4 cm³/mol. The number of nitrogens with two attached hydrogens (primary N) is 1. The molecule has 0 aliphatic rings. The van der Waals surface area contributed by atoms with Crippen LogP contribution in [0.2, 0.25) is 0 Å². The van der Waals surface area contributed by atoms with Crippen LogP contribution in [0.4, 0.5) is 5.82 Å². The maximum atomic E-state index is 5.71. The van der Waals surface area contributed by atoms with Crippen LogP contribution in [0.1, 0.15) is 18.2 Å². The van der Waals surface area contributed by atoms with Gasteiger partial charge in [-0.15, -0.1) is 0 Å². The van der Waals surface area contributed by atoms with Crippen LogP contribution >= 0.6 is 12.2 Å². The van der Waals surface area contributed by atoms with Crippen LogP contribution < -0.4 is 11.1 Å². The largest absolute Gasteiger partial charge is 0.389 e. The lowest BCUT2D eigenvalue weighted by Crippen LogP contribution is -2.20. The summed E-state index contributed by atoms with van der Waals surface area (Å²) in [6.07, 6.45) is 0. The van der Waals surface area contributed by atoms with E-state index in [4.69, 9.17) is 22.7 Å². The summed E-state index contributed by atoms with van der Waals surface area (Å²) in [7, 11) is 3.57. The average Bonchev–Trinajstić information content (AvgIpc) is 2.50. The van der Waals surface area contributed by atoms with Crippen molar-refractivity contribution in [3.05, 3.63) is 11.3 Å². The van der Waals surface area contributed by atoms with Gasteiger partial charge in [0.25, 0.3) is 0 Å². The number of nitrogens with zero attached hydrogens (tertiary/aromatic N) is 2. The number of methoxy groups -OCH3 is 1. The van der Waals surface area contributed by atoms with Gasteiger partial charge in [-0.05, 0) is 12.8 Å². The minimum absolute atomic E-state index is 0.373. The van der Waals surface area contributed by atoms with Crippen molar-refractivity contribution in [3.8, 4) is 0 Å². The van der Waals surface area contributed by atoms with Crippen molar-refractivity contribution < 1.29 is 4.74 Å². The van der Waals surface area contributed by atoms with Gasteiger partial charge in [0.05, 0.1) is 17.9 Å². The van der Waals surface area contributed by atoms with Gasteiger partial charge in [0, 0.05) is 20.7 Å². The Labute approximate surface area is 107 Å². The molecule has 17 heavy (non-hydrogen) atoms. The van der Waals surface area contributed by atoms with Crippen LogP contribution in [0.25, 0.3) is 0 Å². The molecule has 0 bridgehead atoms. The van der Waals surface area contributed by atoms with Gasteiger partial charge in [-0.1, -0.05) is 19.1 Å². The highest BCUT2D eigenvalue weighted by molar-refractivity contribution is 7.80. The van der Waals surface area contributed by atoms with E-state index in [1.807, 2.05) is 14.0 Å². The zero-order valence-electron chi connectivity index (χ0n) is 10.8. The van der Waals surface area contributed by atoms with Crippen LogP contribution in [-0.2, 0) is 11.8 Å². The minimum Gasteiger partial charge on any atom is -0.389 e. The number of nitrogens with one attached hydrogen (secondary N) is 1. The minimum atomic E-state index is 0.373. The van der Waals surface area contributed by atoms with Crippen molar-refractivity contribution in [1.29, 1.82) is 0 Å². The molecule has 0 radical (unpaired) electrons. The first-order valence-electron chi connectivity index (χ1n) is 5.53. The molecule has 6 heteroatoms. The molecule has 0 saturated carbocycles. The van der Waals surface area contributed by atoms with Gasteiger partial charge in [0.1, 0.15) is 10.8 Å². The Morgan fingerprint density at radius 1 is 1.65 bits per heavy atom. The van der Waals surface area contributed by atoms with Gasteiger partial charge >= 0.3 is 0 Å². The molecule has 0 aromatic carbocycles. The van der Waals surface area contributed by atoms with Crippen LogP contribution in [0.5, 0.6) is 0 Å². The summed E-state index contributed by atoms with van der Waals surface area (Å²) in [6, 6.07) is 0. The van der Waals surface area contributed by atoms with Gasteiger partial charge in [-0.3, -0.25) is 4.68 Å². The number of thiocarbonyl (C=S) groups is 1. The SMILES string of the molecule is COCC(C)CNc1c(C(N)=S)c(C)nn1C. The topological polar surface area (TPSA) is 65.1 Å². The fraction of sp³-hybridized carbons (Fsp3) is 0.636. The monoisotopic (exact) mass is 256 g/mol. The standard InChI is InChI=1S/C11H20N4OS/c1-7(6-16-4)5-13-11-9(10(12)17)8(2)14-15(11)3/h7,13H,5-6H2,1-4H3,(H2,12,17). The normalized spacial score (nSPS) is 12.5. The first kappa shape index (κ1) is 13.9. The second-order valence-electron chi connectivity index (χ2n) is 4.24. The summed E-state index contributed by atoms with van der Waals surface area (Å²) in [5, 5.41) is 7.63. The zero-order valence-corrected chi connectivity index (χ0v) is 11.6. The second kappa shape index (κ2) is 5.97. The first-order chi connectivity index (χ1) is 7.97. The van der Waals surface area contributed by atoms with E-state index >= 15 is 0 Å². The molecule has 1 unspecified atom stereocenters. The molecule has 1 rings (SSSR count). The molecule has 3 N–H and O–H groups in total. The van der Waals surface area contributed by atoms with Crippen LogP contribution in [-0.4, -0.2) is 35.0 Å². The van der Waals surface area contributed by atoms with Crippen LogP contribution in [0.15, 0.2) is 0 Å². The van der Waals surface area contributed by atoms with E-state index in [0.717, 1.165) is 23.6 Å². The van der Waals surface area contributed by atoms with Crippen molar-refractivity contribution in [3.63, 3.8) is 0 Å². The molecule has 1 atom stereocenters. The van der Waals surface area contributed by atoms with E-state index in [-0.39, 0.29) is 0 Å². The highest BCUT2D eigenvalue weighted by Gasteiger charge is 2.15. The Morgan fingerprint density at radius 3 is 2.82 bits per heavy atom. The third kappa shape index (κ3) is 3.41. The van der Waals surface area contributed by atoms with Crippen LogP contribution in [0, 0.1) is 12.8 Å². The number of anilines is 1. The molecular weight excluding hydrogens is 236 g/mol. The molecule has 1 aromatic rings. The Morgan fingerprint density at radius 2 is 2.29 bits per heavy atom. The summed E-state index contributed by atoms with van der Waals surface area (Å²) < 4.78 is 6.86. The maximum absolute atomic E-state index is 5.71. The average molecular weight is 256 g/mol. The fourth-order valence-electron chi connectivity index (χ4n) is 1.77. The Hall–Kier alpha value is -1.14.